The monoisotopic (exact) mass is 313 g/mol. The van der Waals surface area contributed by atoms with Gasteiger partial charge in [0, 0.05) is 0 Å². The zero-order chi connectivity index (χ0) is 15.4. The summed E-state index contributed by atoms with van der Waals surface area (Å²) in [4.78, 5) is 15.8. The van der Waals surface area contributed by atoms with Crippen molar-refractivity contribution in [3.8, 4) is 5.75 Å². The number of nitrogens with one attached hydrogen (secondary N) is 1. The van der Waals surface area contributed by atoms with Crippen LogP contribution in [0, 0.1) is 0 Å². The zero-order valence-corrected chi connectivity index (χ0v) is 11.3. The zero-order valence-electron chi connectivity index (χ0n) is 10.5. The summed E-state index contributed by atoms with van der Waals surface area (Å²) in [5.74, 6) is -0.762. The Morgan fingerprint density at radius 2 is 2.10 bits per heavy atom. The van der Waals surface area contributed by atoms with Crippen LogP contribution in [0.5, 0.6) is 5.75 Å². The van der Waals surface area contributed by atoms with Crippen molar-refractivity contribution in [3.63, 3.8) is 0 Å². The number of alkyl halides is 2. The number of hydrogen-bond donors (Lipinski definition) is 2. The Morgan fingerprint density at radius 1 is 1.38 bits per heavy atom. The molecule has 3 N–H and O–H groups in total. The topological polar surface area (TPSA) is 77.2 Å². The molecular formula is C13H10ClF2N3O2. The summed E-state index contributed by atoms with van der Waals surface area (Å²) in [5.41, 5.74) is 5.92. The Morgan fingerprint density at radius 3 is 2.81 bits per heavy atom. The van der Waals surface area contributed by atoms with Crippen molar-refractivity contribution in [2.75, 3.05) is 11.1 Å². The number of amides is 1. The van der Waals surface area contributed by atoms with E-state index >= 15 is 0 Å². The number of anilines is 2. The van der Waals surface area contributed by atoms with E-state index in [4.69, 9.17) is 17.3 Å². The first-order chi connectivity index (χ1) is 9.97. The molecule has 2 rings (SSSR count). The Labute approximate surface area is 123 Å². The number of rotatable bonds is 4. The van der Waals surface area contributed by atoms with Crippen molar-refractivity contribution >= 4 is 28.9 Å². The van der Waals surface area contributed by atoms with E-state index < -0.39 is 12.5 Å². The summed E-state index contributed by atoms with van der Waals surface area (Å²) in [5, 5.41) is 2.53. The molecule has 1 aromatic carbocycles. The summed E-state index contributed by atoms with van der Waals surface area (Å²) in [6.45, 7) is -3.00. The highest BCUT2D eigenvalue weighted by Gasteiger charge is 2.15. The smallest absolute Gasteiger partial charge is 0.387 e. The number of hydrogen-bond acceptors (Lipinski definition) is 4. The molecule has 0 bridgehead atoms. The van der Waals surface area contributed by atoms with Gasteiger partial charge in [0.2, 0.25) is 0 Å². The molecule has 1 amide bonds. The maximum absolute atomic E-state index is 12.3. The van der Waals surface area contributed by atoms with Crippen molar-refractivity contribution in [2.24, 2.45) is 0 Å². The van der Waals surface area contributed by atoms with Crippen LogP contribution in [0.4, 0.5) is 20.2 Å². The Kier molecular flexibility index (Phi) is 4.54. The van der Waals surface area contributed by atoms with E-state index in [0.29, 0.717) is 0 Å². The fourth-order valence-electron chi connectivity index (χ4n) is 1.60. The molecular weight excluding hydrogens is 304 g/mol. The second-order valence-electron chi connectivity index (χ2n) is 3.92. The maximum Gasteiger partial charge on any atom is 0.387 e. The Balaban J connectivity index is 2.25. The number of nitrogens with zero attached hydrogens (tertiary/aromatic N) is 1. The van der Waals surface area contributed by atoms with Gasteiger partial charge in [-0.1, -0.05) is 23.7 Å². The molecule has 0 unspecified atom stereocenters. The largest absolute Gasteiger partial charge is 0.433 e. The molecule has 1 heterocycles. The van der Waals surface area contributed by atoms with Crippen LogP contribution in [0.2, 0.25) is 5.15 Å². The number of pyridine rings is 1. The number of nitrogens with two attached hydrogens (primary N) is 1. The van der Waals surface area contributed by atoms with Gasteiger partial charge in [0.15, 0.2) is 0 Å². The summed E-state index contributed by atoms with van der Waals surface area (Å²) < 4.78 is 28.9. The minimum absolute atomic E-state index is 0.0850. The van der Waals surface area contributed by atoms with Gasteiger partial charge in [-0.2, -0.15) is 8.78 Å². The quantitative estimate of drug-likeness (QED) is 0.850. The lowest BCUT2D eigenvalue weighted by Crippen LogP contribution is -2.15. The molecule has 2 aromatic rings. The molecule has 0 fully saturated rings. The van der Waals surface area contributed by atoms with Crippen LogP contribution in [0.1, 0.15) is 10.4 Å². The number of halogens is 3. The van der Waals surface area contributed by atoms with E-state index in [-0.39, 0.29) is 27.8 Å². The first-order valence-corrected chi connectivity index (χ1v) is 6.11. The lowest BCUT2D eigenvalue weighted by atomic mass is 10.2. The molecule has 0 radical (unpaired) electrons. The summed E-state index contributed by atoms with van der Waals surface area (Å²) in [6.07, 6.45) is 1.23. The molecule has 0 saturated carbocycles. The maximum atomic E-state index is 12.3. The molecule has 0 aliphatic heterocycles. The molecule has 0 spiro atoms. The van der Waals surface area contributed by atoms with Crippen molar-refractivity contribution in [2.45, 2.75) is 6.61 Å². The summed E-state index contributed by atoms with van der Waals surface area (Å²) in [7, 11) is 0. The van der Waals surface area contributed by atoms with Gasteiger partial charge in [-0.3, -0.25) is 4.79 Å². The molecule has 0 aliphatic carbocycles. The van der Waals surface area contributed by atoms with Crippen molar-refractivity contribution in [1.29, 1.82) is 0 Å². The molecule has 8 heteroatoms. The molecule has 5 nitrogen and oxygen atoms in total. The second-order valence-corrected chi connectivity index (χ2v) is 4.31. The molecule has 110 valence electrons. The van der Waals surface area contributed by atoms with E-state index in [1.54, 1.807) is 6.07 Å². The Hall–Kier alpha value is -2.41. The fourth-order valence-corrected chi connectivity index (χ4v) is 1.75. The molecule has 0 aliphatic rings. The Bertz CT molecular complexity index is 668. The number of carbonyl (C=O) groups excluding carboxylic acids is 1. The minimum Gasteiger partial charge on any atom is -0.433 e. The molecule has 0 saturated heterocycles. The van der Waals surface area contributed by atoms with Gasteiger partial charge < -0.3 is 15.8 Å². The van der Waals surface area contributed by atoms with Gasteiger partial charge >= 0.3 is 6.61 Å². The third kappa shape index (κ3) is 3.79. The highest BCUT2D eigenvalue weighted by Crippen LogP contribution is 2.26. The van der Waals surface area contributed by atoms with Crippen LogP contribution >= 0.6 is 11.6 Å². The van der Waals surface area contributed by atoms with E-state index in [1.165, 1.54) is 30.5 Å². The van der Waals surface area contributed by atoms with Gasteiger partial charge in [-0.05, 0) is 18.2 Å². The summed E-state index contributed by atoms with van der Waals surface area (Å²) in [6, 6.07) is 7.09. The van der Waals surface area contributed by atoms with Crippen LogP contribution in [-0.4, -0.2) is 17.5 Å². The third-order valence-corrected chi connectivity index (χ3v) is 2.70. The van der Waals surface area contributed by atoms with Crippen molar-refractivity contribution < 1.29 is 18.3 Å². The molecule has 1 aromatic heterocycles. The average Bonchev–Trinajstić information content (AvgIpc) is 2.43. The van der Waals surface area contributed by atoms with Crippen molar-refractivity contribution in [1.82, 2.24) is 4.98 Å². The lowest BCUT2D eigenvalue weighted by molar-refractivity contribution is -0.0493. The molecule has 21 heavy (non-hydrogen) atoms. The SMILES string of the molecule is Nc1cnc(Cl)cc1C(=O)Nc1ccccc1OC(F)F. The lowest BCUT2D eigenvalue weighted by Gasteiger charge is -2.12. The first kappa shape index (κ1) is 15.0. The highest BCUT2D eigenvalue weighted by molar-refractivity contribution is 6.30. The van der Waals surface area contributed by atoms with Crippen LogP contribution in [0.3, 0.4) is 0 Å². The minimum atomic E-state index is -3.00. The molecule has 0 atom stereocenters. The number of para-hydroxylation sites is 2. The number of carbonyl (C=O) groups is 1. The van der Waals surface area contributed by atoms with E-state index in [9.17, 15) is 13.6 Å². The van der Waals surface area contributed by atoms with Gasteiger partial charge in [-0.25, -0.2) is 4.98 Å². The van der Waals surface area contributed by atoms with Gasteiger partial charge in [-0.15, -0.1) is 0 Å². The van der Waals surface area contributed by atoms with E-state index in [1.807, 2.05) is 0 Å². The van der Waals surface area contributed by atoms with Gasteiger partial charge in [0.25, 0.3) is 5.91 Å². The van der Waals surface area contributed by atoms with Crippen molar-refractivity contribution in [3.05, 3.63) is 47.2 Å². The van der Waals surface area contributed by atoms with Crippen LogP contribution < -0.4 is 15.8 Å². The van der Waals surface area contributed by atoms with Gasteiger partial charge in [0.1, 0.15) is 10.9 Å². The number of ether oxygens (including phenoxy) is 1. The average molecular weight is 314 g/mol. The predicted octanol–water partition coefficient (Wildman–Crippen LogP) is 3.17. The van der Waals surface area contributed by atoms with Crippen LogP contribution in [0.25, 0.3) is 0 Å². The third-order valence-electron chi connectivity index (χ3n) is 2.50. The highest BCUT2D eigenvalue weighted by atomic mass is 35.5. The standard InChI is InChI=1S/C13H10ClF2N3O2/c14-11-5-7(8(17)6-18-11)12(20)19-9-3-1-2-4-10(9)21-13(15)16/h1-6,13H,17H2,(H,19,20). The predicted molar refractivity (Wildman–Crippen MR) is 74.7 cm³/mol. The fraction of sp³-hybridized carbons (Fsp3) is 0.0769. The van der Waals surface area contributed by atoms with Crippen LogP contribution in [-0.2, 0) is 0 Å². The van der Waals surface area contributed by atoms with Gasteiger partial charge in [0.05, 0.1) is 23.1 Å². The van der Waals surface area contributed by atoms with Crippen LogP contribution in [0.15, 0.2) is 36.5 Å². The number of benzene rings is 1. The van der Waals surface area contributed by atoms with E-state index in [2.05, 4.69) is 15.0 Å². The van der Waals surface area contributed by atoms with E-state index in [0.717, 1.165) is 0 Å². The number of aromatic nitrogens is 1. The normalized spacial score (nSPS) is 10.5. The number of nitrogen functional groups attached to an aromatic ring is 1. The first-order valence-electron chi connectivity index (χ1n) is 5.73. The second kappa shape index (κ2) is 6.36. The summed E-state index contributed by atoms with van der Waals surface area (Å²) >= 11 is 5.69.